The van der Waals surface area contributed by atoms with Crippen LogP contribution in [0.5, 0.6) is 0 Å². The van der Waals surface area contributed by atoms with Gasteiger partial charge in [-0.1, -0.05) is 48.5 Å². The Hall–Kier alpha value is -3.09. The van der Waals surface area contributed by atoms with Crippen molar-refractivity contribution in [3.8, 4) is 0 Å². The molecule has 0 aliphatic carbocycles. The smallest absolute Gasteiger partial charge is 0.352 e. The zero-order valence-corrected chi connectivity index (χ0v) is 16.3. The highest BCUT2D eigenvalue weighted by Gasteiger charge is 2.30. The SMILES string of the molecule is Cc1nn(Cc2ccccc2)c(C)c1CNC(=O)Cc1cccc(C(F)(F)F)c1. The molecular weight excluding hydrogens is 379 g/mol. The molecule has 3 rings (SSSR count). The Morgan fingerprint density at radius 2 is 1.72 bits per heavy atom. The Morgan fingerprint density at radius 1 is 1.03 bits per heavy atom. The topological polar surface area (TPSA) is 46.9 Å². The zero-order valence-electron chi connectivity index (χ0n) is 16.3. The van der Waals surface area contributed by atoms with Gasteiger partial charge >= 0.3 is 6.18 Å². The molecule has 0 saturated carbocycles. The molecule has 3 aromatic rings. The summed E-state index contributed by atoms with van der Waals surface area (Å²) in [5.41, 5.74) is 3.38. The summed E-state index contributed by atoms with van der Waals surface area (Å²) in [6.07, 6.45) is -4.53. The Kier molecular flexibility index (Phi) is 6.06. The van der Waals surface area contributed by atoms with Crippen molar-refractivity contribution < 1.29 is 18.0 Å². The Morgan fingerprint density at radius 3 is 2.41 bits per heavy atom. The number of rotatable bonds is 6. The Labute approximate surface area is 167 Å². The molecule has 0 radical (unpaired) electrons. The average Bonchev–Trinajstić information content (AvgIpc) is 2.93. The van der Waals surface area contributed by atoms with E-state index in [2.05, 4.69) is 10.4 Å². The number of benzene rings is 2. The van der Waals surface area contributed by atoms with Crippen molar-refractivity contribution in [2.75, 3.05) is 0 Å². The molecule has 4 nitrogen and oxygen atoms in total. The Bertz CT molecular complexity index is 994. The summed E-state index contributed by atoms with van der Waals surface area (Å²) in [6.45, 7) is 4.73. The van der Waals surface area contributed by atoms with Crippen LogP contribution in [0.2, 0.25) is 0 Å². The highest BCUT2D eigenvalue weighted by molar-refractivity contribution is 5.78. The monoisotopic (exact) mass is 401 g/mol. The average molecular weight is 401 g/mol. The highest BCUT2D eigenvalue weighted by atomic mass is 19.4. The summed E-state index contributed by atoms with van der Waals surface area (Å²) < 4.78 is 40.3. The number of alkyl halides is 3. The summed E-state index contributed by atoms with van der Waals surface area (Å²) in [5.74, 6) is -0.334. The van der Waals surface area contributed by atoms with Crippen molar-refractivity contribution >= 4 is 5.91 Å². The highest BCUT2D eigenvalue weighted by Crippen LogP contribution is 2.29. The third-order valence-electron chi connectivity index (χ3n) is 4.79. The van der Waals surface area contributed by atoms with Gasteiger partial charge in [-0.25, -0.2) is 0 Å². The van der Waals surface area contributed by atoms with Crippen LogP contribution in [0.25, 0.3) is 0 Å². The number of nitrogens with zero attached hydrogens (tertiary/aromatic N) is 2. The summed E-state index contributed by atoms with van der Waals surface area (Å²) >= 11 is 0. The van der Waals surface area contributed by atoms with Gasteiger partial charge in [0.05, 0.1) is 24.2 Å². The first-order valence-corrected chi connectivity index (χ1v) is 9.23. The van der Waals surface area contributed by atoms with E-state index in [4.69, 9.17) is 0 Å². The molecule has 2 aromatic carbocycles. The quantitative estimate of drug-likeness (QED) is 0.664. The normalized spacial score (nSPS) is 11.5. The van der Waals surface area contributed by atoms with Gasteiger partial charge in [-0.15, -0.1) is 0 Å². The molecule has 1 N–H and O–H groups in total. The molecule has 1 heterocycles. The van der Waals surface area contributed by atoms with Crippen LogP contribution in [-0.4, -0.2) is 15.7 Å². The van der Waals surface area contributed by atoms with Crippen LogP contribution in [0.3, 0.4) is 0 Å². The second-order valence-corrected chi connectivity index (χ2v) is 6.94. The van der Waals surface area contributed by atoms with Gasteiger partial charge in [-0.05, 0) is 31.0 Å². The fraction of sp³-hybridized carbons (Fsp3) is 0.273. The van der Waals surface area contributed by atoms with Gasteiger partial charge in [0, 0.05) is 17.8 Å². The molecular formula is C22H22F3N3O. The van der Waals surface area contributed by atoms with Gasteiger partial charge in [-0.2, -0.15) is 18.3 Å². The molecule has 0 spiro atoms. The van der Waals surface area contributed by atoms with E-state index in [9.17, 15) is 18.0 Å². The number of aromatic nitrogens is 2. The van der Waals surface area contributed by atoms with E-state index >= 15 is 0 Å². The van der Waals surface area contributed by atoms with E-state index in [0.29, 0.717) is 12.1 Å². The largest absolute Gasteiger partial charge is 0.416 e. The molecule has 0 unspecified atom stereocenters. The molecule has 0 aliphatic heterocycles. The number of aryl methyl sites for hydroxylation is 1. The van der Waals surface area contributed by atoms with Crippen LogP contribution < -0.4 is 5.32 Å². The first-order chi connectivity index (χ1) is 13.7. The number of halogens is 3. The van der Waals surface area contributed by atoms with E-state index in [1.54, 1.807) is 0 Å². The summed E-state index contributed by atoms with van der Waals surface area (Å²) in [5, 5.41) is 7.34. The molecule has 0 saturated heterocycles. The van der Waals surface area contributed by atoms with Crippen molar-refractivity contribution in [1.82, 2.24) is 15.1 Å². The summed E-state index contributed by atoms with van der Waals surface area (Å²) in [4.78, 5) is 12.2. The van der Waals surface area contributed by atoms with Gasteiger partial charge in [0.25, 0.3) is 0 Å². The van der Waals surface area contributed by atoms with E-state index in [0.717, 1.165) is 34.6 Å². The van der Waals surface area contributed by atoms with Crippen molar-refractivity contribution in [2.45, 2.75) is 39.5 Å². The first-order valence-electron chi connectivity index (χ1n) is 9.23. The van der Waals surface area contributed by atoms with E-state index in [-0.39, 0.29) is 18.9 Å². The van der Waals surface area contributed by atoms with Crippen molar-refractivity contribution in [3.63, 3.8) is 0 Å². The number of amides is 1. The minimum Gasteiger partial charge on any atom is -0.352 e. The second-order valence-electron chi connectivity index (χ2n) is 6.94. The van der Waals surface area contributed by atoms with Crippen molar-refractivity contribution in [1.29, 1.82) is 0 Å². The van der Waals surface area contributed by atoms with Gasteiger partial charge in [0.15, 0.2) is 0 Å². The van der Waals surface area contributed by atoms with Gasteiger partial charge in [0.2, 0.25) is 5.91 Å². The maximum absolute atomic E-state index is 12.8. The lowest BCUT2D eigenvalue weighted by Crippen LogP contribution is -2.25. The second kappa shape index (κ2) is 8.51. The number of hydrogen-bond donors (Lipinski definition) is 1. The van der Waals surface area contributed by atoms with Crippen LogP contribution in [0.4, 0.5) is 13.2 Å². The lowest BCUT2D eigenvalue weighted by atomic mass is 10.1. The maximum atomic E-state index is 12.8. The lowest BCUT2D eigenvalue weighted by molar-refractivity contribution is -0.137. The maximum Gasteiger partial charge on any atom is 0.416 e. The zero-order chi connectivity index (χ0) is 21.0. The van der Waals surface area contributed by atoms with Crippen molar-refractivity contribution in [2.24, 2.45) is 0 Å². The third kappa shape index (κ3) is 5.25. The number of nitrogens with one attached hydrogen (secondary N) is 1. The standard InChI is InChI=1S/C22H22F3N3O/c1-15-20(16(2)28(27-15)14-17-7-4-3-5-8-17)13-26-21(29)12-18-9-6-10-19(11-18)22(23,24)25/h3-11H,12-14H2,1-2H3,(H,26,29). The van der Waals surface area contributed by atoms with E-state index < -0.39 is 11.7 Å². The van der Waals surface area contributed by atoms with E-state index in [1.165, 1.54) is 12.1 Å². The molecule has 0 atom stereocenters. The first kappa shape index (κ1) is 20.6. The minimum absolute atomic E-state index is 0.111. The molecule has 0 bridgehead atoms. The molecule has 0 fully saturated rings. The fourth-order valence-corrected chi connectivity index (χ4v) is 3.19. The summed E-state index contributed by atoms with van der Waals surface area (Å²) in [7, 11) is 0. The van der Waals surface area contributed by atoms with Gasteiger partial charge in [-0.3, -0.25) is 9.48 Å². The number of hydrogen-bond acceptors (Lipinski definition) is 2. The third-order valence-corrected chi connectivity index (χ3v) is 4.79. The molecule has 152 valence electrons. The molecule has 0 aliphatic rings. The molecule has 1 aromatic heterocycles. The van der Waals surface area contributed by atoms with E-state index in [1.807, 2.05) is 48.9 Å². The van der Waals surface area contributed by atoms with Crippen LogP contribution in [0, 0.1) is 13.8 Å². The minimum atomic E-state index is -4.42. The Balaban J connectivity index is 1.63. The lowest BCUT2D eigenvalue weighted by Gasteiger charge is -2.10. The van der Waals surface area contributed by atoms with Crippen LogP contribution in [0.15, 0.2) is 54.6 Å². The van der Waals surface area contributed by atoms with Gasteiger partial charge < -0.3 is 5.32 Å². The molecule has 29 heavy (non-hydrogen) atoms. The van der Waals surface area contributed by atoms with Crippen LogP contribution in [-0.2, 0) is 30.5 Å². The summed E-state index contributed by atoms with van der Waals surface area (Å²) in [6, 6.07) is 14.8. The number of carbonyl (C=O) groups is 1. The van der Waals surface area contributed by atoms with Gasteiger partial charge in [0.1, 0.15) is 0 Å². The molecule has 7 heteroatoms. The predicted octanol–water partition coefficient (Wildman–Crippen LogP) is 4.43. The van der Waals surface area contributed by atoms with Crippen molar-refractivity contribution in [3.05, 3.63) is 88.2 Å². The predicted molar refractivity (Wildman–Crippen MR) is 104 cm³/mol. The van der Waals surface area contributed by atoms with Crippen LogP contribution in [0.1, 0.15) is 33.6 Å². The van der Waals surface area contributed by atoms with Crippen LogP contribution >= 0.6 is 0 Å². The fourth-order valence-electron chi connectivity index (χ4n) is 3.19. The number of carbonyl (C=O) groups excluding carboxylic acids is 1. The molecule has 1 amide bonds.